The molecule has 1 aliphatic heterocycles. The summed E-state index contributed by atoms with van der Waals surface area (Å²) in [6, 6.07) is 3.95. The summed E-state index contributed by atoms with van der Waals surface area (Å²) in [4.78, 5) is 14.7. The van der Waals surface area contributed by atoms with Crippen molar-refractivity contribution in [1.29, 1.82) is 0 Å². The van der Waals surface area contributed by atoms with E-state index in [2.05, 4.69) is 11.8 Å². The van der Waals surface area contributed by atoms with Crippen LogP contribution < -0.4 is 4.74 Å². The highest BCUT2D eigenvalue weighted by Gasteiger charge is 2.19. The van der Waals surface area contributed by atoms with Crippen molar-refractivity contribution in [3.05, 3.63) is 28.8 Å². The number of nitrogens with zero attached hydrogens (tertiary/aromatic N) is 1. The molecule has 1 aromatic carbocycles. The molecular formula is C17H25NO3. The monoisotopic (exact) mass is 291 g/mol. The molecule has 116 valence electrons. The molecule has 1 heterocycles. The van der Waals surface area contributed by atoms with Crippen molar-refractivity contribution in [2.45, 2.75) is 27.2 Å². The average molecular weight is 291 g/mol. The number of rotatable bonds is 6. The van der Waals surface area contributed by atoms with Gasteiger partial charge in [0.2, 0.25) is 0 Å². The van der Waals surface area contributed by atoms with Gasteiger partial charge in [-0.3, -0.25) is 9.69 Å². The van der Waals surface area contributed by atoms with E-state index in [1.807, 2.05) is 26.0 Å². The Balaban J connectivity index is 2.15. The van der Waals surface area contributed by atoms with Gasteiger partial charge in [0.15, 0.2) is 5.78 Å². The van der Waals surface area contributed by atoms with Crippen LogP contribution in [0.4, 0.5) is 0 Å². The smallest absolute Gasteiger partial charge is 0.180 e. The molecule has 21 heavy (non-hydrogen) atoms. The molecule has 1 saturated heterocycles. The largest absolute Gasteiger partial charge is 0.493 e. The van der Waals surface area contributed by atoms with E-state index >= 15 is 0 Å². The fourth-order valence-electron chi connectivity index (χ4n) is 2.39. The van der Waals surface area contributed by atoms with E-state index in [9.17, 15) is 4.79 Å². The lowest BCUT2D eigenvalue weighted by Gasteiger charge is -2.26. The van der Waals surface area contributed by atoms with Gasteiger partial charge in [0.25, 0.3) is 0 Å². The quantitative estimate of drug-likeness (QED) is 0.755. The third-order valence-corrected chi connectivity index (χ3v) is 3.83. The van der Waals surface area contributed by atoms with Crippen molar-refractivity contribution in [1.82, 2.24) is 4.90 Å². The van der Waals surface area contributed by atoms with E-state index < -0.39 is 0 Å². The first-order valence-electron chi connectivity index (χ1n) is 7.69. The maximum atomic E-state index is 12.6. The lowest BCUT2D eigenvalue weighted by Crippen LogP contribution is -2.39. The number of hydrogen-bond acceptors (Lipinski definition) is 4. The van der Waals surface area contributed by atoms with Gasteiger partial charge < -0.3 is 9.47 Å². The molecule has 0 aliphatic carbocycles. The normalized spacial score (nSPS) is 16.0. The van der Waals surface area contributed by atoms with Crippen LogP contribution in [-0.4, -0.2) is 50.1 Å². The Morgan fingerprint density at radius 2 is 1.90 bits per heavy atom. The number of carbonyl (C=O) groups excluding carboxylic acids is 1. The van der Waals surface area contributed by atoms with E-state index in [-0.39, 0.29) is 5.78 Å². The van der Waals surface area contributed by atoms with E-state index in [4.69, 9.17) is 9.47 Å². The summed E-state index contributed by atoms with van der Waals surface area (Å²) in [5.74, 6) is 0.851. The van der Waals surface area contributed by atoms with Gasteiger partial charge in [-0.15, -0.1) is 0 Å². The third-order valence-electron chi connectivity index (χ3n) is 3.83. The Morgan fingerprint density at radius 1 is 1.24 bits per heavy atom. The molecule has 1 aromatic rings. The zero-order valence-electron chi connectivity index (χ0n) is 13.3. The predicted octanol–water partition coefficient (Wildman–Crippen LogP) is 2.61. The fourth-order valence-corrected chi connectivity index (χ4v) is 2.39. The van der Waals surface area contributed by atoms with Crippen LogP contribution in [0.3, 0.4) is 0 Å². The van der Waals surface area contributed by atoms with Gasteiger partial charge in [-0.25, -0.2) is 0 Å². The number of hydrogen-bond donors (Lipinski definition) is 0. The van der Waals surface area contributed by atoms with Crippen LogP contribution in [0, 0.1) is 13.8 Å². The summed E-state index contributed by atoms with van der Waals surface area (Å²) in [7, 11) is 0. The first-order valence-corrected chi connectivity index (χ1v) is 7.69. The van der Waals surface area contributed by atoms with Crippen molar-refractivity contribution in [3.63, 3.8) is 0 Å². The second kappa shape index (κ2) is 7.57. The molecule has 1 fully saturated rings. The van der Waals surface area contributed by atoms with Gasteiger partial charge in [0, 0.05) is 13.1 Å². The Hall–Kier alpha value is -1.39. The Labute approximate surface area is 127 Å². The van der Waals surface area contributed by atoms with E-state index in [1.165, 1.54) is 0 Å². The number of ketones is 1. The fraction of sp³-hybridized carbons (Fsp3) is 0.588. The highest BCUT2D eigenvalue weighted by Crippen LogP contribution is 2.24. The van der Waals surface area contributed by atoms with Crippen LogP contribution >= 0.6 is 0 Å². The molecule has 4 heteroatoms. The van der Waals surface area contributed by atoms with E-state index in [0.717, 1.165) is 36.4 Å². The lowest BCUT2D eigenvalue weighted by atomic mass is 10.0. The van der Waals surface area contributed by atoms with Crippen LogP contribution in [-0.2, 0) is 4.74 Å². The maximum Gasteiger partial charge on any atom is 0.180 e. The molecule has 0 radical (unpaired) electrons. The summed E-state index contributed by atoms with van der Waals surface area (Å²) in [6.07, 6.45) is 0.935. The van der Waals surface area contributed by atoms with Crippen LogP contribution in [0.5, 0.6) is 5.75 Å². The Morgan fingerprint density at radius 3 is 2.57 bits per heavy atom. The molecule has 0 atom stereocenters. The minimum atomic E-state index is 0.131. The molecule has 0 amide bonds. The molecule has 0 aromatic heterocycles. The maximum absolute atomic E-state index is 12.6. The molecule has 0 N–H and O–H groups in total. The summed E-state index contributed by atoms with van der Waals surface area (Å²) in [5.41, 5.74) is 2.99. The molecule has 2 rings (SSSR count). The van der Waals surface area contributed by atoms with Crippen LogP contribution in [0.25, 0.3) is 0 Å². The van der Waals surface area contributed by atoms with Gasteiger partial charge in [-0.2, -0.15) is 0 Å². The summed E-state index contributed by atoms with van der Waals surface area (Å²) < 4.78 is 11.1. The molecule has 0 saturated carbocycles. The number of carbonyl (C=O) groups is 1. The SMILES string of the molecule is CCCOc1cc(C)c(C)cc1C(=O)CN1CCOCC1. The summed E-state index contributed by atoms with van der Waals surface area (Å²) >= 11 is 0. The van der Waals surface area contributed by atoms with Crippen LogP contribution in [0.1, 0.15) is 34.8 Å². The van der Waals surface area contributed by atoms with Gasteiger partial charge in [-0.1, -0.05) is 6.92 Å². The molecular weight excluding hydrogens is 266 g/mol. The first-order chi connectivity index (χ1) is 10.1. The second-order valence-electron chi connectivity index (χ2n) is 5.59. The van der Waals surface area contributed by atoms with Crippen molar-refractivity contribution in [2.75, 3.05) is 39.5 Å². The van der Waals surface area contributed by atoms with Gasteiger partial charge in [-0.05, 0) is 43.5 Å². The number of Topliss-reactive ketones (excluding diaryl/α,β-unsaturated/α-hetero) is 1. The van der Waals surface area contributed by atoms with Crippen LogP contribution in [0.15, 0.2) is 12.1 Å². The molecule has 4 nitrogen and oxygen atoms in total. The Bertz CT molecular complexity index is 493. The van der Waals surface area contributed by atoms with Crippen molar-refractivity contribution < 1.29 is 14.3 Å². The van der Waals surface area contributed by atoms with Gasteiger partial charge in [0.05, 0.1) is 31.9 Å². The number of aryl methyl sites for hydroxylation is 2. The number of ether oxygens (including phenoxy) is 2. The standard InChI is InChI=1S/C17H25NO3/c1-4-7-21-17-11-14(3)13(2)10-15(17)16(19)12-18-5-8-20-9-6-18/h10-11H,4-9,12H2,1-3H3. The molecule has 1 aliphatic rings. The topological polar surface area (TPSA) is 38.8 Å². The van der Waals surface area contributed by atoms with E-state index in [0.29, 0.717) is 31.9 Å². The first kappa shape index (κ1) is 16.0. The third kappa shape index (κ3) is 4.29. The summed E-state index contributed by atoms with van der Waals surface area (Å²) in [5, 5.41) is 0. The summed E-state index contributed by atoms with van der Waals surface area (Å²) in [6.45, 7) is 10.3. The minimum Gasteiger partial charge on any atom is -0.493 e. The highest BCUT2D eigenvalue weighted by molar-refractivity contribution is 6.00. The highest BCUT2D eigenvalue weighted by atomic mass is 16.5. The second-order valence-corrected chi connectivity index (χ2v) is 5.59. The predicted molar refractivity (Wildman–Crippen MR) is 83.3 cm³/mol. The molecule has 0 bridgehead atoms. The van der Waals surface area contributed by atoms with Crippen LogP contribution in [0.2, 0.25) is 0 Å². The van der Waals surface area contributed by atoms with Gasteiger partial charge in [0.1, 0.15) is 5.75 Å². The van der Waals surface area contributed by atoms with Crippen molar-refractivity contribution >= 4 is 5.78 Å². The number of morpholine rings is 1. The van der Waals surface area contributed by atoms with E-state index in [1.54, 1.807) is 0 Å². The zero-order valence-corrected chi connectivity index (χ0v) is 13.3. The number of benzene rings is 1. The average Bonchev–Trinajstić information content (AvgIpc) is 2.49. The van der Waals surface area contributed by atoms with Gasteiger partial charge >= 0.3 is 0 Å². The minimum absolute atomic E-state index is 0.131. The zero-order chi connectivity index (χ0) is 15.2. The Kier molecular flexibility index (Phi) is 5.76. The van der Waals surface area contributed by atoms with Crippen molar-refractivity contribution in [3.8, 4) is 5.75 Å². The molecule has 0 unspecified atom stereocenters. The molecule has 0 spiro atoms. The van der Waals surface area contributed by atoms with Crippen molar-refractivity contribution in [2.24, 2.45) is 0 Å². The lowest BCUT2D eigenvalue weighted by molar-refractivity contribution is 0.0370.